The van der Waals surface area contributed by atoms with Crippen LogP contribution in [0.3, 0.4) is 0 Å². The Morgan fingerprint density at radius 1 is 1.03 bits per heavy atom. The molecule has 1 heterocycles. The molecule has 1 unspecified atom stereocenters. The number of nitrogens with one attached hydrogen (secondary N) is 1. The highest BCUT2D eigenvalue weighted by Gasteiger charge is 2.56. The van der Waals surface area contributed by atoms with Crippen LogP contribution in [0.4, 0.5) is 0 Å². The second-order valence-electron chi connectivity index (χ2n) is 11.6. The van der Waals surface area contributed by atoms with Crippen molar-refractivity contribution in [2.45, 2.75) is 76.7 Å². The highest BCUT2D eigenvalue weighted by molar-refractivity contribution is 7.17. The summed E-state index contributed by atoms with van der Waals surface area (Å²) in [4.78, 5) is 26.2. The van der Waals surface area contributed by atoms with E-state index < -0.39 is 12.0 Å². The van der Waals surface area contributed by atoms with Gasteiger partial charge in [-0.1, -0.05) is 19.3 Å². The summed E-state index contributed by atoms with van der Waals surface area (Å²) in [6, 6.07) is 4.96. The zero-order chi connectivity index (χ0) is 23.3. The first-order chi connectivity index (χ1) is 16.5. The predicted molar refractivity (Wildman–Crippen MR) is 133 cm³/mol. The number of benzene rings is 1. The molecule has 5 aliphatic carbocycles. The van der Waals surface area contributed by atoms with Gasteiger partial charge in [0.25, 0.3) is 5.91 Å². The molecule has 1 atom stereocenters. The third-order valence-corrected chi connectivity index (χ3v) is 10.1. The molecule has 5 saturated carbocycles. The number of carbonyl (C=O) groups is 2. The molecule has 2 aromatic rings. The van der Waals surface area contributed by atoms with Crippen molar-refractivity contribution in [3.63, 3.8) is 0 Å². The van der Waals surface area contributed by atoms with Crippen LogP contribution >= 0.6 is 11.3 Å². The zero-order valence-electron chi connectivity index (χ0n) is 19.8. The summed E-state index contributed by atoms with van der Waals surface area (Å²) >= 11 is 1.63. The first kappa shape index (κ1) is 22.4. The van der Waals surface area contributed by atoms with Crippen molar-refractivity contribution in [2.24, 2.45) is 29.1 Å². The molecule has 7 rings (SSSR count). The van der Waals surface area contributed by atoms with Crippen LogP contribution in [0.5, 0.6) is 5.75 Å². The molecule has 4 bridgehead atoms. The molecule has 5 fully saturated rings. The van der Waals surface area contributed by atoms with Crippen LogP contribution < -0.4 is 10.1 Å². The van der Waals surface area contributed by atoms with Crippen molar-refractivity contribution in [1.82, 2.24) is 5.32 Å². The minimum absolute atomic E-state index is 0.300. The molecule has 1 aromatic heterocycles. The number of carbonyl (C=O) groups excluding carboxylic acids is 1. The fraction of sp³-hybridized carbons (Fsp3) is 0.643. The minimum Gasteiger partial charge on any atom is -0.492 e. The number of hydrogen-bond acceptors (Lipinski definition) is 4. The van der Waals surface area contributed by atoms with Gasteiger partial charge in [0.15, 0.2) is 0 Å². The van der Waals surface area contributed by atoms with Gasteiger partial charge in [-0.05, 0) is 98.6 Å². The van der Waals surface area contributed by atoms with E-state index in [1.54, 1.807) is 11.3 Å². The molecule has 182 valence electrons. The summed E-state index contributed by atoms with van der Waals surface area (Å²) in [5.74, 6) is 1.82. The van der Waals surface area contributed by atoms with Gasteiger partial charge in [-0.2, -0.15) is 0 Å². The number of rotatable bonds is 7. The summed E-state index contributed by atoms with van der Waals surface area (Å²) in [5, 5.41) is 16.3. The molecular formula is C28H35NO4S. The van der Waals surface area contributed by atoms with Crippen LogP contribution in [0.2, 0.25) is 0 Å². The first-order valence-corrected chi connectivity index (χ1v) is 14.1. The van der Waals surface area contributed by atoms with E-state index >= 15 is 0 Å². The number of thiophene rings is 1. The average Bonchev–Trinajstić information content (AvgIpc) is 3.29. The van der Waals surface area contributed by atoms with Crippen LogP contribution in [-0.4, -0.2) is 29.6 Å². The van der Waals surface area contributed by atoms with Crippen molar-refractivity contribution in [2.75, 3.05) is 6.61 Å². The van der Waals surface area contributed by atoms with Crippen molar-refractivity contribution >= 4 is 33.3 Å². The largest absolute Gasteiger partial charge is 0.492 e. The third kappa shape index (κ3) is 4.02. The highest BCUT2D eigenvalue weighted by atomic mass is 32.1. The summed E-state index contributed by atoms with van der Waals surface area (Å²) in [5.41, 5.74) is 0.170. The van der Waals surface area contributed by atoms with Gasteiger partial charge in [-0.25, -0.2) is 4.79 Å². The summed E-state index contributed by atoms with van der Waals surface area (Å²) in [7, 11) is 0. The molecule has 2 N–H and O–H groups in total. The Bertz CT molecular complexity index is 1050. The van der Waals surface area contributed by atoms with Gasteiger partial charge < -0.3 is 15.2 Å². The summed E-state index contributed by atoms with van der Waals surface area (Å²) in [6.45, 7) is 0.618. The van der Waals surface area contributed by atoms with Gasteiger partial charge in [0, 0.05) is 15.5 Å². The lowest BCUT2D eigenvalue weighted by Crippen LogP contribution is -2.59. The Kier molecular flexibility index (Phi) is 5.83. The Morgan fingerprint density at radius 3 is 2.35 bits per heavy atom. The number of carboxylic acids is 1. The SMILES string of the molecule is O=C(NC(C(=O)O)C12CC3CC(CC(C3)C1)C2)c1ccc2sccc2c1OCC1CCCCC1. The lowest BCUT2D eigenvalue weighted by Gasteiger charge is -2.58. The number of ether oxygens (including phenoxy) is 1. The van der Waals surface area contributed by atoms with Gasteiger partial charge >= 0.3 is 5.97 Å². The van der Waals surface area contributed by atoms with Crippen molar-refractivity contribution < 1.29 is 19.4 Å². The first-order valence-electron chi connectivity index (χ1n) is 13.2. The van der Waals surface area contributed by atoms with Crippen molar-refractivity contribution in [3.05, 3.63) is 29.1 Å². The van der Waals surface area contributed by atoms with Crippen LogP contribution in [0.1, 0.15) is 81.0 Å². The quantitative estimate of drug-likeness (QED) is 0.489. The molecule has 5 nitrogen and oxygen atoms in total. The standard InChI is InChI=1S/C28H35NO4S/c30-26(29-25(27(31)32)28-13-18-10-19(14-28)12-20(11-18)15-28)22-6-7-23-21(8-9-34-23)24(22)33-16-17-4-2-1-3-5-17/h6-9,17-20,25H,1-5,10-16H2,(H,29,30)(H,31,32). The Hall–Kier alpha value is -2.08. The molecule has 34 heavy (non-hydrogen) atoms. The fourth-order valence-corrected chi connectivity index (χ4v) is 8.91. The van der Waals surface area contributed by atoms with Crippen LogP contribution in [-0.2, 0) is 4.79 Å². The predicted octanol–water partition coefficient (Wildman–Crippen LogP) is 6.26. The Labute approximate surface area is 205 Å². The zero-order valence-corrected chi connectivity index (χ0v) is 20.6. The molecule has 1 amide bonds. The van der Waals surface area contributed by atoms with Crippen molar-refractivity contribution in [1.29, 1.82) is 0 Å². The van der Waals surface area contributed by atoms with Crippen LogP contribution in [0.25, 0.3) is 10.1 Å². The lowest BCUT2D eigenvalue weighted by molar-refractivity contribution is -0.150. The molecule has 0 radical (unpaired) electrons. The van der Waals surface area contributed by atoms with E-state index in [0.29, 0.717) is 41.6 Å². The molecular weight excluding hydrogens is 446 g/mol. The molecule has 5 aliphatic rings. The van der Waals surface area contributed by atoms with Crippen molar-refractivity contribution in [3.8, 4) is 5.75 Å². The highest BCUT2D eigenvalue weighted by Crippen LogP contribution is 2.61. The maximum absolute atomic E-state index is 13.6. The molecule has 0 spiro atoms. The molecule has 6 heteroatoms. The second-order valence-corrected chi connectivity index (χ2v) is 12.6. The van der Waals surface area contributed by atoms with E-state index in [4.69, 9.17) is 4.74 Å². The number of fused-ring (bicyclic) bond motifs is 1. The van der Waals surface area contributed by atoms with Gasteiger partial charge in [0.05, 0.1) is 12.2 Å². The monoisotopic (exact) mass is 481 g/mol. The van der Waals surface area contributed by atoms with E-state index in [1.165, 1.54) is 51.4 Å². The van der Waals surface area contributed by atoms with Gasteiger partial charge in [0.1, 0.15) is 11.8 Å². The van der Waals surface area contributed by atoms with E-state index in [-0.39, 0.29) is 11.3 Å². The van der Waals surface area contributed by atoms with Crippen LogP contribution in [0.15, 0.2) is 23.6 Å². The maximum atomic E-state index is 13.6. The van der Waals surface area contributed by atoms with E-state index in [1.807, 2.05) is 23.6 Å². The normalized spacial score (nSPS) is 31.5. The van der Waals surface area contributed by atoms with Gasteiger partial charge in [-0.3, -0.25) is 4.79 Å². The third-order valence-electron chi connectivity index (χ3n) is 9.24. The van der Waals surface area contributed by atoms with E-state index in [0.717, 1.165) is 29.3 Å². The Morgan fingerprint density at radius 2 is 1.71 bits per heavy atom. The average molecular weight is 482 g/mol. The second kappa shape index (κ2) is 8.85. The Balaban J connectivity index is 1.27. The lowest BCUT2D eigenvalue weighted by atomic mass is 9.47. The smallest absolute Gasteiger partial charge is 0.326 e. The van der Waals surface area contributed by atoms with Gasteiger partial charge in [0.2, 0.25) is 0 Å². The summed E-state index contributed by atoms with van der Waals surface area (Å²) < 4.78 is 7.45. The van der Waals surface area contributed by atoms with E-state index in [2.05, 4.69) is 5.32 Å². The van der Waals surface area contributed by atoms with Gasteiger partial charge in [-0.15, -0.1) is 11.3 Å². The number of carboxylic acid groups (broad SMARTS) is 1. The fourth-order valence-electron chi connectivity index (χ4n) is 8.12. The number of amides is 1. The maximum Gasteiger partial charge on any atom is 0.326 e. The molecule has 1 aromatic carbocycles. The summed E-state index contributed by atoms with van der Waals surface area (Å²) in [6.07, 6.45) is 12.7. The number of aliphatic carboxylic acids is 1. The van der Waals surface area contributed by atoms with E-state index in [9.17, 15) is 14.7 Å². The minimum atomic E-state index is -0.892. The van der Waals surface area contributed by atoms with Crippen LogP contribution in [0, 0.1) is 29.1 Å². The topological polar surface area (TPSA) is 75.6 Å². The molecule has 0 saturated heterocycles. The number of hydrogen-bond donors (Lipinski definition) is 2. The molecule has 0 aliphatic heterocycles.